The number of likely N-dealkylation sites (tertiary alicyclic amines) is 1. The van der Waals surface area contributed by atoms with Gasteiger partial charge in [0.25, 0.3) is 0 Å². The molecule has 1 heterocycles. The lowest BCUT2D eigenvalue weighted by Gasteiger charge is -2.38. The van der Waals surface area contributed by atoms with E-state index >= 15 is 0 Å². The molecule has 0 bridgehead atoms. The molecule has 94 valence electrons. The monoisotopic (exact) mass is 254 g/mol. The minimum absolute atomic E-state index is 0.676. The number of rotatable bonds is 3. The van der Waals surface area contributed by atoms with Gasteiger partial charge in [0.05, 0.1) is 5.60 Å². The molecule has 0 aliphatic carbocycles. The first-order valence-electron chi connectivity index (χ1n) is 6.05. The molecule has 0 saturated carbocycles. The van der Waals surface area contributed by atoms with Crippen molar-refractivity contribution in [2.24, 2.45) is 5.73 Å². The molecule has 1 aromatic rings. The van der Waals surface area contributed by atoms with Gasteiger partial charge in [-0.1, -0.05) is 23.7 Å². The molecule has 2 rings (SSSR count). The summed E-state index contributed by atoms with van der Waals surface area (Å²) in [5, 5.41) is 11.3. The lowest BCUT2D eigenvalue weighted by Crippen LogP contribution is -2.44. The van der Waals surface area contributed by atoms with Gasteiger partial charge in [-0.2, -0.15) is 0 Å². The average molecular weight is 255 g/mol. The summed E-state index contributed by atoms with van der Waals surface area (Å²) in [5.41, 5.74) is 5.74. The van der Waals surface area contributed by atoms with Gasteiger partial charge in [0.2, 0.25) is 0 Å². The molecule has 1 saturated heterocycles. The second-order valence-electron chi connectivity index (χ2n) is 4.67. The third-order valence-corrected chi connectivity index (χ3v) is 3.73. The number of nitrogens with two attached hydrogens (primary N) is 1. The molecular weight excluding hydrogens is 236 g/mol. The van der Waals surface area contributed by atoms with E-state index in [9.17, 15) is 5.11 Å². The van der Waals surface area contributed by atoms with Crippen LogP contribution in [0.25, 0.3) is 0 Å². The van der Waals surface area contributed by atoms with E-state index in [-0.39, 0.29) is 0 Å². The molecule has 0 aromatic heterocycles. The maximum absolute atomic E-state index is 10.6. The van der Waals surface area contributed by atoms with Crippen LogP contribution in [-0.2, 0) is 5.60 Å². The Morgan fingerprint density at radius 1 is 1.35 bits per heavy atom. The van der Waals surface area contributed by atoms with E-state index in [4.69, 9.17) is 17.3 Å². The zero-order valence-corrected chi connectivity index (χ0v) is 10.7. The van der Waals surface area contributed by atoms with Crippen LogP contribution in [0, 0.1) is 0 Å². The Labute approximate surface area is 107 Å². The van der Waals surface area contributed by atoms with Crippen LogP contribution in [0.1, 0.15) is 18.4 Å². The highest BCUT2D eigenvalue weighted by molar-refractivity contribution is 6.30. The van der Waals surface area contributed by atoms with Gasteiger partial charge in [-0.15, -0.1) is 0 Å². The highest BCUT2D eigenvalue weighted by Gasteiger charge is 2.33. The quantitative estimate of drug-likeness (QED) is 0.861. The van der Waals surface area contributed by atoms with Crippen molar-refractivity contribution in [3.8, 4) is 0 Å². The largest absolute Gasteiger partial charge is 0.385 e. The molecule has 3 N–H and O–H groups in total. The molecule has 1 aliphatic heterocycles. The van der Waals surface area contributed by atoms with E-state index in [0.29, 0.717) is 11.6 Å². The number of hydrogen-bond acceptors (Lipinski definition) is 3. The molecule has 0 radical (unpaired) electrons. The summed E-state index contributed by atoms with van der Waals surface area (Å²) in [6, 6.07) is 7.53. The van der Waals surface area contributed by atoms with E-state index < -0.39 is 5.60 Å². The van der Waals surface area contributed by atoms with Gasteiger partial charge < -0.3 is 15.7 Å². The van der Waals surface area contributed by atoms with Gasteiger partial charge in [0.15, 0.2) is 0 Å². The third kappa shape index (κ3) is 2.99. The lowest BCUT2D eigenvalue weighted by atomic mass is 9.84. The van der Waals surface area contributed by atoms with E-state index in [0.717, 1.165) is 38.0 Å². The summed E-state index contributed by atoms with van der Waals surface area (Å²) in [7, 11) is 0. The van der Waals surface area contributed by atoms with Crippen LogP contribution in [0.3, 0.4) is 0 Å². The average Bonchev–Trinajstić information content (AvgIpc) is 2.33. The van der Waals surface area contributed by atoms with Crippen molar-refractivity contribution in [2.45, 2.75) is 18.4 Å². The highest BCUT2D eigenvalue weighted by Crippen LogP contribution is 2.33. The van der Waals surface area contributed by atoms with E-state index in [1.165, 1.54) is 0 Å². The third-order valence-electron chi connectivity index (χ3n) is 3.49. The van der Waals surface area contributed by atoms with E-state index in [2.05, 4.69) is 4.90 Å². The Morgan fingerprint density at radius 3 is 2.65 bits per heavy atom. The molecule has 0 unspecified atom stereocenters. The normalized spacial score (nSPS) is 20.4. The minimum Gasteiger partial charge on any atom is -0.385 e. The fourth-order valence-electron chi connectivity index (χ4n) is 2.40. The Morgan fingerprint density at radius 2 is 2.06 bits per heavy atom. The first kappa shape index (κ1) is 12.8. The summed E-state index contributed by atoms with van der Waals surface area (Å²) in [6.45, 7) is 3.36. The number of aliphatic hydroxyl groups is 1. The smallest absolute Gasteiger partial charge is 0.0921 e. The van der Waals surface area contributed by atoms with Gasteiger partial charge in [-0.05, 0) is 30.5 Å². The Hall–Kier alpha value is -0.610. The predicted octanol–water partition coefficient (Wildman–Crippen LogP) is 1.58. The number of benzene rings is 1. The summed E-state index contributed by atoms with van der Waals surface area (Å²) < 4.78 is 0. The zero-order valence-electron chi connectivity index (χ0n) is 9.90. The zero-order chi connectivity index (χ0) is 12.3. The fraction of sp³-hybridized carbons (Fsp3) is 0.538. The summed E-state index contributed by atoms with van der Waals surface area (Å²) in [5.74, 6) is 0. The molecule has 1 aliphatic rings. The standard InChI is InChI=1S/C13H19ClN2O/c14-12-3-1-2-11(10-12)13(17)4-7-16(8-5-13)9-6-15/h1-3,10,17H,4-9,15H2. The molecule has 0 atom stereocenters. The van der Waals surface area contributed by atoms with Crippen molar-refractivity contribution >= 4 is 11.6 Å². The van der Waals surface area contributed by atoms with Crippen LogP contribution in [0.4, 0.5) is 0 Å². The van der Waals surface area contributed by atoms with E-state index in [1.54, 1.807) is 0 Å². The molecule has 4 heteroatoms. The molecule has 0 amide bonds. The first-order chi connectivity index (χ1) is 8.14. The Kier molecular flexibility index (Phi) is 4.05. The topological polar surface area (TPSA) is 49.5 Å². The van der Waals surface area contributed by atoms with Gasteiger partial charge in [-0.3, -0.25) is 0 Å². The second kappa shape index (κ2) is 5.36. The number of halogens is 1. The van der Waals surface area contributed by atoms with Crippen molar-refractivity contribution in [3.63, 3.8) is 0 Å². The van der Waals surface area contributed by atoms with Crippen LogP contribution < -0.4 is 5.73 Å². The van der Waals surface area contributed by atoms with Gasteiger partial charge in [0, 0.05) is 31.2 Å². The molecule has 3 nitrogen and oxygen atoms in total. The van der Waals surface area contributed by atoms with Gasteiger partial charge in [0.1, 0.15) is 0 Å². The van der Waals surface area contributed by atoms with Crippen LogP contribution in [-0.4, -0.2) is 36.2 Å². The lowest BCUT2D eigenvalue weighted by molar-refractivity contribution is -0.0251. The molecular formula is C13H19ClN2O. The molecule has 0 spiro atoms. The SMILES string of the molecule is NCCN1CCC(O)(c2cccc(Cl)c2)CC1. The minimum atomic E-state index is -0.726. The summed E-state index contributed by atoms with van der Waals surface area (Å²) in [6.07, 6.45) is 1.49. The number of nitrogens with zero attached hydrogens (tertiary/aromatic N) is 1. The fourth-order valence-corrected chi connectivity index (χ4v) is 2.59. The van der Waals surface area contributed by atoms with Crippen LogP contribution >= 0.6 is 11.6 Å². The Balaban J connectivity index is 2.06. The second-order valence-corrected chi connectivity index (χ2v) is 5.11. The van der Waals surface area contributed by atoms with Crippen molar-refractivity contribution in [1.29, 1.82) is 0 Å². The maximum Gasteiger partial charge on any atom is 0.0921 e. The van der Waals surface area contributed by atoms with Gasteiger partial charge >= 0.3 is 0 Å². The van der Waals surface area contributed by atoms with E-state index in [1.807, 2.05) is 24.3 Å². The molecule has 1 aromatic carbocycles. The maximum atomic E-state index is 10.6. The summed E-state index contributed by atoms with van der Waals surface area (Å²) in [4.78, 5) is 2.29. The number of hydrogen-bond donors (Lipinski definition) is 2. The van der Waals surface area contributed by atoms with Crippen LogP contribution in [0.2, 0.25) is 5.02 Å². The van der Waals surface area contributed by atoms with Crippen LogP contribution in [0.15, 0.2) is 24.3 Å². The van der Waals surface area contributed by atoms with Crippen LogP contribution in [0.5, 0.6) is 0 Å². The van der Waals surface area contributed by atoms with Crippen molar-refractivity contribution in [2.75, 3.05) is 26.2 Å². The van der Waals surface area contributed by atoms with Crippen molar-refractivity contribution < 1.29 is 5.11 Å². The first-order valence-corrected chi connectivity index (χ1v) is 6.43. The molecule has 17 heavy (non-hydrogen) atoms. The van der Waals surface area contributed by atoms with Crippen molar-refractivity contribution in [3.05, 3.63) is 34.9 Å². The summed E-state index contributed by atoms with van der Waals surface area (Å²) >= 11 is 5.97. The molecule has 1 fully saturated rings. The number of piperidine rings is 1. The van der Waals surface area contributed by atoms with Crippen molar-refractivity contribution in [1.82, 2.24) is 4.90 Å². The Bertz CT molecular complexity index is 375. The highest BCUT2D eigenvalue weighted by atomic mass is 35.5. The predicted molar refractivity (Wildman–Crippen MR) is 70.1 cm³/mol. The van der Waals surface area contributed by atoms with Gasteiger partial charge in [-0.25, -0.2) is 0 Å².